The number of hydrogen-bond acceptors (Lipinski definition) is 5. The summed E-state index contributed by atoms with van der Waals surface area (Å²) in [5, 5.41) is 15.3. The quantitative estimate of drug-likeness (QED) is 0.273. The van der Waals surface area contributed by atoms with Crippen molar-refractivity contribution in [1.29, 1.82) is 0 Å². The lowest BCUT2D eigenvalue weighted by atomic mass is 9.89. The Kier molecular flexibility index (Phi) is 8.12. The summed E-state index contributed by atoms with van der Waals surface area (Å²) in [6, 6.07) is 15.9. The molecule has 4 aromatic rings. The van der Waals surface area contributed by atoms with Gasteiger partial charge in [0.05, 0.1) is 18.4 Å². The number of rotatable bonds is 9. The number of nitrogens with one attached hydrogen (secondary N) is 1. The summed E-state index contributed by atoms with van der Waals surface area (Å²) in [7, 11) is 1.50. The molecular weight excluding hydrogens is 555 g/mol. The molecule has 6 nitrogen and oxygen atoms in total. The van der Waals surface area contributed by atoms with Crippen molar-refractivity contribution in [3.63, 3.8) is 0 Å². The second-order valence-electron chi connectivity index (χ2n) is 11.4. The zero-order valence-corrected chi connectivity index (χ0v) is 24.5. The van der Waals surface area contributed by atoms with Gasteiger partial charge < -0.3 is 15.2 Å². The van der Waals surface area contributed by atoms with E-state index in [1.165, 1.54) is 33.1 Å². The average Bonchev–Trinajstić information content (AvgIpc) is 2.94. The monoisotopic (exact) mass is 587 g/mol. The zero-order valence-electron chi connectivity index (χ0n) is 24.5. The van der Waals surface area contributed by atoms with Crippen molar-refractivity contribution in [3.05, 3.63) is 117 Å². The first-order valence-corrected chi connectivity index (χ1v) is 13.9. The topological polar surface area (TPSA) is 83.8 Å². The van der Waals surface area contributed by atoms with Gasteiger partial charge in [0.25, 0.3) is 5.91 Å². The molecule has 0 spiro atoms. The fraction of sp³-hybridized carbons (Fsp3) is 0.265. The number of halogens is 3. The van der Waals surface area contributed by atoms with Gasteiger partial charge in [-0.05, 0) is 55.2 Å². The predicted molar refractivity (Wildman–Crippen MR) is 158 cm³/mol. The molecule has 0 aliphatic carbocycles. The van der Waals surface area contributed by atoms with E-state index in [0.29, 0.717) is 16.7 Å². The largest absolute Gasteiger partial charge is 0.494 e. The number of carbonyl (C=O) groups excluding carboxylic acids is 1. The molecule has 2 heterocycles. The Morgan fingerprint density at radius 1 is 1.02 bits per heavy atom. The van der Waals surface area contributed by atoms with E-state index in [1.807, 2.05) is 30.3 Å². The van der Waals surface area contributed by atoms with Gasteiger partial charge >= 0.3 is 0 Å². The number of aliphatic hydroxyl groups is 1. The third-order valence-corrected chi connectivity index (χ3v) is 7.55. The highest BCUT2D eigenvalue weighted by molar-refractivity contribution is 5.94. The van der Waals surface area contributed by atoms with E-state index in [-0.39, 0.29) is 46.4 Å². The molecule has 2 N–H and O–H groups in total. The molecule has 3 aromatic carbocycles. The maximum atomic E-state index is 16.0. The third kappa shape index (κ3) is 5.90. The van der Waals surface area contributed by atoms with E-state index >= 15 is 8.78 Å². The van der Waals surface area contributed by atoms with E-state index in [9.17, 15) is 14.3 Å². The van der Waals surface area contributed by atoms with Crippen LogP contribution in [0.25, 0.3) is 17.5 Å². The molecule has 9 heteroatoms. The van der Waals surface area contributed by atoms with E-state index < -0.39 is 29.0 Å². The number of ether oxygens (including phenoxy) is 1. The highest BCUT2D eigenvalue weighted by Gasteiger charge is 2.30. The maximum absolute atomic E-state index is 16.0. The fourth-order valence-corrected chi connectivity index (χ4v) is 5.14. The van der Waals surface area contributed by atoms with Crippen molar-refractivity contribution in [2.45, 2.75) is 45.1 Å². The minimum atomic E-state index is -1.66. The number of hydrogen-bond donors (Lipinski definition) is 2. The Hall–Kier alpha value is -4.50. The number of fused-ring (bicyclic) bond motifs is 1. The van der Waals surface area contributed by atoms with E-state index in [4.69, 9.17) is 4.74 Å². The zero-order chi connectivity index (χ0) is 31.1. The Balaban J connectivity index is 1.61. The summed E-state index contributed by atoms with van der Waals surface area (Å²) in [4.78, 5) is 22.0. The SMILES string of the molecule is COc1cc(C(=O)NCC(c2ccccc2)c2cc(C(C)(C)O)c(F)c(-c3cc(C(C)C)c(F)cc3F)n2)cc2c1=NC=2. The average molecular weight is 588 g/mol. The first-order valence-electron chi connectivity index (χ1n) is 13.9. The van der Waals surface area contributed by atoms with Crippen LogP contribution in [-0.4, -0.2) is 29.7 Å². The minimum Gasteiger partial charge on any atom is -0.494 e. The Bertz CT molecular complexity index is 1830. The molecule has 0 fully saturated rings. The Morgan fingerprint density at radius 2 is 1.74 bits per heavy atom. The van der Waals surface area contributed by atoms with Gasteiger partial charge in [0.1, 0.15) is 28.4 Å². The van der Waals surface area contributed by atoms with Gasteiger partial charge in [-0.25, -0.2) is 18.2 Å². The van der Waals surface area contributed by atoms with Crippen molar-refractivity contribution >= 4 is 12.1 Å². The molecule has 43 heavy (non-hydrogen) atoms. The van der Waals surface area contributed by atoms with Crippen molar-refractivity contribution in [2.75, 3.05) is 13.7 Å². The number of aromatic nitrogens is 1. The van der Waals surface area contributed by atoms with Gasteiger partial charge in [-0.1, -0.05) is 44.2 Å². The summed E-state index contributed by atoms with van der Waals surface area (Å²) >= 11 is 0. The molecule has 0 saturated heterocycles. The normalized spacial score (nSPS) is 13.0. The number of carbonyl (C=O) groups is 1. The Morgan fingerprint density at radius 3 is 2.35 bits per heavy atom. The second kappa shape index (κ2) is 11.6. The highest BCUT2D eigenvalue weighted by Crippen LogP contribution is 2.36. The molecule has 1 aliphatic rings. The second-order valence-corrected chi connectivity index (χ2v) is 11.4. The minimum absolute atomic E-state index is 0.0445. The van der Waals surface area contributed by atoms with Crippen LogP contribution in [0, 0.1) is 17.5 Å². The van der Waals surface area contributed by atoms with E-state index in [1.54, 1.807) is 32.2 Å². The molecule has 5 rings (SSSR count). The lowest BCUT2D eigenvalue weighted by Crippen LogP contribution is -2.36. The number of pyridine rings is 1. The summed E-state index contributed by atoms with van der Waals surface area (Å²) in [6.07, 6.45) is 1.64. The molecular formula is C34H32F3N3O3. The van der Waals surface area contributed by atoms with Crippen molar-refractivity contribution < 1.29 is 27.8 Å². The van der Waals surface area contributed by atoms with E-state index in [0.717, 1.165) is 16.8 Å². The summed E-state index contributed by atoms with van der Waals surface area (Å²) in [6.45, 7) is 6.38. The van der Waals surface area contributed by atoms with Crippen LogP contribution >= 0.6 is 0 Å². The standard InChI is InChI=1S/C34H32F3N3O3/c1-18(2)22-13-23(27(36)15-26(22)35)32-30(37)25(34(3,4)42)14-28(40-32)24(19-9-7-6-8-10-19)17-39-33(41)20-11-21-16-38-31(21)29(12-20)43-5/h6-16,18,24,42H,17H2,1-5H3,(H,39,41). The summed E-state index contributed by atoms with van der Waals surface area (Å²) in [5.41, 5.74) is -0.736. The number of amides is 1. The van der Waals surface area contributed by atoms with Crippen LogP contribution in [-0.2, 0) is 5.60 Å². The number of benzene rings is 3. The van der Waals surface area contributed by atoms with Gasteiger partial charge in [0.2, 0.25) is 0 Å². The van der Waals surface area contributed by atoms with Crippen molar-refractivity contribution in [2.24, 2.45) is 4.99 Å². The smallest absolute Gasteiger partial charge is 0.251 e. The molecule has 1 atom stereocenters. The van der Waals surface area contributed by atoms with Gasteiger partial charge in [-0.3, -0.25) is 9.79 Å². The first-order chi connectivity index (χ1) is 20.4. The molecule has 0 radical (unpaired) electrons. The predicted octanol–water partition coefficient (Wildman–Crippen LogP) is 5.46. The molecule has 222 valence electrons. The first kappa shape index (κ1) is 30.0. The van der Waals surface area contributed by atoms with Crippen LogP contribution in [0.15, 0.2) is 65.7 Å². The van der Waals surface area contributed by atoms with Gasteiger partial charge in [-0.15, -0.1) is 0 Å². The number of nitrogens with zero attached hydrogens (tertiary/aromatic N) is 2. The summed E-state index contributed by atoms with van der Waals surface area (Å²) in [5.74, 6) is -3.44. The third-order valence-electron chi connectivity index (χ3n) is 7.55. The molecule has 0 bridgehead atoms. The molecule has 1 unspecified atom stereocenters. The lowest BCUT2D eigenvalue weighted by Gasteiger charge is -2.25. The van der Waals surface area contributed by atoms with Gasteiger partial charge in [0, 0.05) is 46.6 Å². The van der Waals surface area contributed by atoms with Crippen molar-refractivity contribution in [3.8, 4) is 17.0 Å². The maximum Gasteiger partial charge on any atom is 0.251 e. The van der Waals surface area contributed by atoms with E-state index in [2.05, 4.69) is 15.3 Å². The van der Waals surface area contributed by atoms with Gasteiger partial charge in [-0.2, -0.15) is 0 Å². The molecule has 0 saturated carbocycles. The van der Waals surface area contributed by atoms with Crippen LogP contribution in [0.2, 0.25) is 0 Å². The number of methoxy groups -OCH3 is 1. The van der Waals surface area contributed by atoms with Crippen LogP contribution in [0.3, 0.4) is 0 Å². The summed E-state index contributed by atoms with van der Waals surface area (Å²) < 4.78 is 51.2. The Labute approximate surface area is 247 Å². The molecule has 1 amide bonds. The van der Waals surface area contributed by atoms with Crippen LogP contribution in [0.5, 0.6) is 5.75 Å². The fourth-order valence-electron chi connectivity index (χ4n) is 5.14. The van der Waals surface area contributed by atoms with Crippen molar-refractivity contribution in [1.82, 2.24) is 10.3 Å². The van der Waals surface area contributed by atoms with Crippen LogP contribution in [0.1, 0.15) is 72.3 Å². The van der Waals surface area contributed by atoms with Crippen LogP contribution < -0.4 is 20.6 Å². The van der Waals surface area contributed by atoms with Gasteiger partial charge in [0.15, 0.2) is 5.82 Å². The van der Waals surface area contributed by atoms with Crippen LogP contribution in [0.4, 0.5) is 13.2 Å². The molecule has 1 aromatic heterocycles. The lowest BCUT2D eigenvalue weighted by molar-refractivity contribution is 0.0743. The highest BCUT2D eigenvalue weighted by atomic mass is 19.1. The molecule has 1 aliphatic heterocycles.